The highest BCUT2D eigenvalue weighted by molar-refractivity contribution is 8.13. The van der Waals surface area contributed by atoms with Crippen LogP contribution in [0.5, 0.6) is 0 Å². The summed E-state index contributed by atoms with van der Waals surface area (Å²) in [5.41, 5.74) is 1.05. The Kier molecular flexibility index (Phi) is 4.45. The van der Waals surface area contributed by atoms with Crippen molar-refractivity contribution in [3.63, 3.8) is 0 Å². The molecule has 0 aromatic heterocycles. The molecule has 1 fully saturated rings. The molecule has 22 heavy (non-hydrogen) atoms. The van der Waals surface area contributed by atoms with Gasteiger partial charge in [-0.2, -0.15) is 0 Å². The third kappa shape index (κ3) is 3.30. The fourth-order valence-corrected chi connectivity index (χ4v) is 5.74. The van der Waals surface area contributed by atoms with Gasteiger partial charge in [-0.05, 0) is 29.9 Å². The van der Waals surface area contributed by atoms with E-state index in [1.54, 1.807) is 23.9 Å². The van der Waals surface area contributed by atoms with Gasteiger partial charge in [0.25, 0.3) is 0 Å². The number of nitrogens with zero attached hydrogens (tertiary/aromatic N) is 2. The molecule has 0 amide bonds. The van der Waals surface area contributed by atoms with E-state index < -0.39 is 9.84 Å². The normalized spacial score (nSPS) is 26.1. The first-order valence-electron chi connectivity index (χ1n) is 7.40. The SMILES string of the molecule is CCSC1=NC2CS(=O)(=O)CC2N1CCc1ccc(F)cc1. The molecular formula is C15H19FN2O2S2. The molecule has 2 heterocycles. The van der Waals surface area contributed by atoms with Crippen LogP contribution in [0, 0.1) is 5.82 Å². The number of thioether (sulfide) groups is 1. The fraction of sp³-hybridized carbons (Fsp3) is 0.533. The van der Waals surface area contributed by atoms with Gasteiger partial charge < -0.3 is 4.90 Å². The third-order valence-electron chi connectivity index (χ3n) is 4.04. The number of hydrogen-bond donors (Lipinski definition) is 0. The molecule has 0 spiro atoms. The minimum absolute atomic E-state index is 0.0282. The molecule has 0 saturated carbocycles. The van der Waals surface area contributed by atoms with E-state index in [0.717, 1.165) is 22.9 Å². The molecule has 0 aliphatic carbocycles. The molecule has 4 nitrogen and oxygen atoms in total. The van der Waals surface area contributed by atoms with Gasteiger partial charge in [0, 0.05) is 6.54 Å². The van der Waals surface area contributed by atoms with Crippen LogP contribution in [-0.4, -0.2) is 54.4 Å². The summed E-state index contributed by atoms with van der Waals surface area (Å²) < 4.78 is 36.6. The number of aliphatic imine (C=N–C) groups is 1. The van der Waals surface area contributed by atoms with E-state index in [1.807, 2.05) is 0 Å². The number of amidine groups is 1. The second kappa shape index (κ2) is 6.20. The quantitative estimate of drug-likeness (QED) is 0.839. The maximum Gasteiger partial charge on any atom is 0.159 e. The molecule has 2 aliphatic rings. The Balaban J connectivity index is 1.72. The number of rotatable bonds is 4. The second-order valence-corrected chi connectivity index (χ2v) is 9.01. The summed E-state index contributed by atoms with van der Waals surface area (Å²) in [7, 11) is -2.97. The van der Waals surface area contributed by atoms with Crippen molar-refractivity contribution in [2.45, 2.75) is 25.4 Å². The number of fused-ring (bicyclic) bond motifs is 1. The Labute approximate surface area is 134 Å². The van der Waals surface area contributed by atoms with E-state index in [0.29, 0.717) is 6.54 Å². The predicted octanol–water partition coefficient (Wildman–Crippen LogP) is 1.96. The van der Waals surface area contributed by atoms with E-state index in [-0.39, 0.29) is 29.4 Å². The van der Waals surface area contributed by atoms with Gasteiger partial charge >= 0.3 is 0 Å². The molecule has 3 rings (SSSR count). The summed E-state index contributed by atoms with van der Waals surface area (Å²) in [6.07, 6.45) is 0.757. The average molecular weight is 342 g/mol. The Hall–Kier alpha value is -1.08. The van der Waals surface area contributed by atoms with E-state index in [2.05, 4.69) is 16.8 Å². The van der Waals surface area contributed by atoms with E-state index >= 15 is 0 Å². The highest BCUT2D eigenvalue weighted by atomic mass is 32.2. The molecule has 0 bridgehead atoms. The zero-order valence-electron chi connectivity index (χ0n) is 12.4. The van der Waals surface area contributed by atoms with Crippen molar-refractivity contribution in [1.29, 1.82) is 0 Å². The van der Waals surface area contributed by atoms with Crippen LogP contribution in [0.15, 0.2) is 29.3 Å². The van der Waals surface area contributed by atoms with Crippen LogP contribution >= 0.6 is 11.8 Å². The van der Waals surface area contributed by atoms with Gasteiger partial charge in [0.15, 0.2) is 15.0 Å². The summed E-state index contributed by atoms with van der Waals surface area (Å²) >= 11 is 1.66. The minimum atomic E-state index is -2.97. The number of benzene rings is 1. The Morgan fingerprint density at radius 1 is 1.32 bits per heavy atom. The van der Waals surface area contributed by atoms with Crippen LogP contribution in [0.1, 0.15) is 12.5 Å². The first-order chi connectivity index (χ1) is 10.5. The summed E-state index contributed by atoms with van der Waals surface area (Å²) in [4.78, 5) is 6.74. The first kappa shape index (κ1) is 15.8. The molecule has 2 unspecified atom stereocenters. The van der Waals surface area contributed by atoms with Crippen LogP contribution in [-0.2, 0) is 16.3 Å². The third-order valence-corrected chi connectivity index (χ3v) is 6.63. The summed E-state index contributed by atoms with van der Waals surface area (Å²) in [5.74, 6) is 1.03. The number of hydrogen-bond acceptors (Lipinski definition) is 5. The topological polar surface area (TPSA) is 49.7 Å². The maximum atomic E-state index is 13.0. The molecule has 1 aromatic rings. The molecule has 2 atom stereocenters. The molecule has 120 valence electrons. The lowest BCUT2D eigenvalue weighted by atomic mass is 10.1. The van der Waals surface area contributed by atoms with Crippen molar-refractivity contribution in [3.8, 4) is 0 Å². The lowest BCUT2D eigenvalue weighted by Crippen LogP contribution is -2.40. The van der Waals surface area contributed by atoms with Crippen molar-refractivity contribution in [2.75, 3.05) is 23.8 Å². The maximum absolute atomic E-state index is 13.0. The van der Waals surface area contributed by atoms with E-state index in [9.17, 15) is 12.8 Å². The van der Waals surface area contributed by atoms with Gasteiger partial charge in [0.2, 0.25) is 0 Å². The Bertz CT molecular complexity index is 673. The number of sulfone groups is 1. The highest BCUT2D eigenvalue weighted by Gasteiger charge is 2.46. The molecule has 2 aliphatic heterocycles. The predicted molar refractivity (Wildman–Crippen MR) is 88.6 cm³/mol. The lowest BCUT2D eigenvalue weighted by molar-refractivity contribution is 0.352. The van der Waals surface area contributed by atoms with Crippen LogP contribution in [0.3, 0.4) is 0 Å². The fourth-order valence-electron chi connectivity index (χ4n) is 3.00. The van der Waals surface area contributed by atoms with Gasteiger partial charge in [0.1, 0.15) is 5.82 Å². The molecular weight excluding hydrogens is 323 g/mol. The Morgan fingerprint density at radius 3 is 2.73 bits per heavy atom. The molecule has 0 N–H and O–H groups in total. The largest absolute Gasteiger partial charge is 0.345 e. The van der Waals surface area contributed by atoms with Crippen molar-refractivity contribution in [3.05, 3.63) is 35.6 Å². The van der Waals surface area contributed by atoms with Crippen molar-refractivity contribution in [2.24, 2.45) is 4.99 Å². The van der Waals surface area contributed by atoms with Gasteiger partial charge in [-0.25, -0.2) is 12.8 Å². The average Bonchev–Trinajstić information content (AvgIpc) is 2.91. The summed E-state index contributed by atoms with van der Waals surface area (Å²) in [5, 5.41) is 0.953. The standard InChI is InChI=1S/C15H19FN2O2S2/c1-2-21-15-17-13-9-22(19,20)10-14(13)18(15)8-7-11-3-5-12(16)6-4-11/h3-6,13-14H,2,7-10H2,1H3. The monoisotopic (exact) mass is 342 g/mol. The van der Waals surface area contributed by atoms with Crippen molar-refractivity contribution >= 4 is 26.8 Å². The van der Waals surface area contributed by atoms with Gasteiger partial charge in [-0.15, -0.1) is 0 Å². The van der Waals surface area contributed by atoms with Crippen LogP contribution in [0.2, 0.25) is 0 Å². The number of halogens is 1. The van der Waals surface area contributed by atoms with Crippen molar-refractivity contribution in [1.82, 2.24) is 4.90 Å². The Morgan fingerprint density at radius 2 is 2.05 bits per heavy atom. The van der Waals surface area contributed by atoms with Gasteiger partial charge in [-0.1, -0.05) is 30.8 Å². The molecule has 0 radical (unpaired) electrons. The summed E-state index contributed by atoms with van der Waals surface area (Å²) in [6, 6.07) is 6.32. The summed E-state index contributed by atoms with van der Waals surface area (Å²) in [6.45, 7) is 2.78. The lowest BCUT2D eigenvalue weighted by Gasteiger charge is -2.26. The molecule has 7 heteroatoms. The highest BCUT2D eigenvalue weighted by Crippen LogP contribution is 2.31. The molecule has 1 saturated heterocycles. The molecule has 1 aromatic carbocycles. The minimum Gasteiger partial charge on any atom is -0.345 e. The second-order valence-electron chi connectivity index (χ2n) is 5.63. The van der Waals surface area contributed by atoms with Gasteiger partial charge in [0.05, 0.1) is 23.6 Å². The van der Waals surface area contributed by atoms with Crippen LogP contribution < -0.4 is 0 Å². The van der Waals surface area contributed by atoms with Crippen LogP contribution in [0.25, 0.3) is 0 Å². The van der Waals surface area contributed by atoms with Crippen LogP contribution in [0.4, 0.5) is 4.39 Å². The van der Waals surface area contributed by atoms with E-state index in [4.69, 9.17) is 0 Å². The van der Waals surface area contributed by atoms with Crippen molar-refractivity contribution < 1.29 is 12.8 Å². The first-order valence-corrected chi connectivity index (χ1v) is 10.2. The van der Waals surface area contributed by atoms with E-state index in [1.165, 1.54) is 12.1 Å². The zero-order chi connectivity index (χ0) is 15.7. The zero-order valence-corrected chi connectivity index (χ0v) is 14.0. The smallest absolute Gasteiger partial charge is 0.159 e. The van der Waals surface area contributed by atoms with Gasteiger partial charge in [-0.3, -0.25) is 4.99 Å².